The van der Waals surface area contributed by atoms with Gasteiger partial charge in [0.2, 0.25) is 0 Å². The minimum absolute atomic E-state index is 0.0890. The monoisotopic (exact) mass is 360 g/mol. The highest BCUT2D eigenvalue weighted by Gasteiger charge is 2.45. The van der Waals surface area contributed by atoms with Crippen molar-refractivity contribution >= 4 is 9.84 Å². The Bertz CT molecular complexity index is 877. The van der Waals surface area contributed by atoms with Crippen molar-refractivity contribution in [1.29, 1.82) is 0 Å². The van der Waals surface area contributed by atoms with Gasteiger partial charge in [0.1, 0.15) is 0 Å². The molecular weight excluding hydrogens is 336 g/mol. The molecule has 25 heavy (non-hydrogen) atoms. The number of hydrogen-bond acceptors (Lipinski definition) is 5. The number of aryl methyl sites for hydroxylation is 1. The Hall–Kier alpha value is -1.70. The number of hydrogen-bond donors (Lipinski definition) is 0. The Morgan fingerprint density at radius 1 is 1.20 bits per heavy atom. The molecule has 0 amide bonds. The highest BCUT2D eigenvalue weighted by molar-refractivity contribution is 7.91. The Morgan fingerprint density at radius 2 is 2.00 bits per heavy atom. The fraction of sp³-hybridized carbons (Fsp3) is 0.500. The number of likely N-dealkylation sites (N-methyl/N-ethyl adjacent to an activating group) is 1. The molecule has 0 N–H and O–H groups in total. The van der Waals surface area contributed by atoms with E-state index in [2.05, 4.69) is 34.0 Å². The van der Waals surface area contributed by atoms with Crippen molar-refractivity contribution in [2.45, 2.75) is 25.6 Å². The van der Waals surface area contributed by atoms with Gasteiger partial charge in [0.05, 0.1) is 23.4 Å². The zero-order valence-corrected chi connectivity index (χ0v) is 15.5. The van der Waals surface area contributed by atoms with Crippen LogP contribution in [0, 0.1) is 6.92 Å². The zero-order chi connectivity index (χ0) is 17.6. The molecule has 2 saturated heterocycles. The summed E-state index contributed by atoms with van der Waals surface area (Å²) in [6.45, 7) is 4.61. The quantitative estimate of drug-likeness (QED) is 0.820. The van der Waals surface area contributed by atoms with Crippen LogP contribution in [0.1, 0.15) is 11.1 Å². The van der Waals surface area contributed by atoms with Crippen molar-refractivity contribution in [3.05, 3.63) is 47.8 Å². The third-order valence-corrected chi connectivity index (χ3v) is 7.06. The average Bonchev–Trinajstić information content (AvgIpc) is 3.14. The molecule has 0 aliphatic carbocycles. The summed E-state index contributed by atoms with van der Waals surface area (Å²) in [6.07, 6.45) is 3.94. The van der Waals surface area contributed by atoms with Gasteiger partial charge in [0.25, 0.3) is 0 Å². The molecule has 0 bridgehead atoms. The van der Waals surface area contributed by atoms with Crippen LogP contribution in [0.15, 0.2) is 36.7 Å². The van der Waals surface area contributed by atoms with Crippen LogP contribution in [0.3, 0.4) is 0 Å². The molecule has 0 saturated carbocycles. The van der Waals surface area contributed by atoms with E-state index in [1.807, 2.05) is 36.3 Å². The Morgan fingerprint density at radius 3 is 2.80 bits per heavy atom. The normalized spacial score (nSPS) is 26.6. The standard InChI is InChI=1S/C18H24N4O2S/c1-14-4-3-5-16(8-14)22-11-15(9-19-22)10-21-7-6-20(2)17-12-25(23,24)13-18(17)21/h3-5,8-9,11,17-18H,6-7,10,12-13H2,1-2H3/t17-,18+/m1/s1. The first-order chi connectivity index (χ1) is 11.9. The lowest BCUT2D eigenvalue weighted by atomic mass is 10.1. The average molecular weight is 360 g/mol. The molecule has 1 aromatic carbocycles. The van der Waals surface area contributed by atoms with Crippen LogP contribution in [0.4, 0.5) is 0 Å². The summed E-state index contributed by atoms with van der Waals surface area (Å²) < 4.78 is 26.1. The van der Waals surface area contributed by atoms with Gasteiger partial charge in [0, 0.05) is 43.5 Å². The van der Waals surface area contributed by atoms with Crippen molar-refractivity contribution < 1.29 is 8.42 Å². The van der Waals surface area contributed by atoms with E-state index in [4.69, 9.17) is 0 Å². The third-order valence-electron chi connectivity index (χ3n) is 5.36. The van der Waals surface area contributed by atoms with E-state index in [0.717, 1.165) is 30.9 Å². The van der Waals surface area contributed by atoms with Crippen LogP contribution in [0.25, 0.3) is 5.69 Å². The van der Waals surface area contributed by atoms with Gasteiger partial charge >= 0.3 is 0 Å². The summed E-state index contributed by atoms with van der Waals surface area (Å²) in [7, 11) is -0.900. The first-order valence-corrected chi connectivity index (χ1v) is 10.5. The second kappa shape index (κ2) is 6.23. The van der Waals surface area contributed by atoms with E-state index in [0.29, 0.717) is 0 Å². The minimum atomic E-state index is -2.93. The summed E-state index contributed by atoms with van der Waals surface area (Å²) in [6, 6.07) is 8.45. The maximum Gasteiger partial charge on any atom is 0.153 e. The first-order valence-electron chi connectivity index (χ1n) is 8.67. The molecule has 134 valence electrons. The summed E-state index contributed by atoms with van der Waals surface area (Å²) in [5.41, 5.74) is 3.37. The number of piperazine rings is 1. The highest BCUT2D eigenvalue weighted by atomic mass is 32.2. The number of aromatic nitrogens is 2. The summed E-state index contributed by atoms with van der Waals surface area (Å²) in [4.78, 5) is 4.51. The largest absolute Gasteiger partial charge is 0.300 e. The topological polar surface area (TPSA) is 58.4 Å². The van der Waals surface area contributed by atoms with Crippen LogP contribution < -0.4 is 0 Å². The van der Waals surface area contributed by atoms with Crippen LogP contribution in [-0.2, 0) is 16.4 Å². The van der Waals surface area contributed by atoms with Gasteiger partial charge in [-0.1, -0.05) is 12.1 Å². The van der Waals surface area contributed by atoms with Gasteiger partial charge in [0.15, 0.2) is 9.84 Å². The number of rotatable bonds is 3. The second-order valence-electron chi connectivity index (χ2n) is 7.29. The van der Waals surface area contributed by atoms with Crippen molar-refractivity contribution in [2.24, 2.45) is 0 Å². The van der Waals surface area contributed by atoms with Gasteiger partial charge < -0.3 is 0 Å². The Balaban J connectivity index is 1.53. The Kier molecular flexibility index (Phi) is 4.17. The van der Waals surface area contributed by atoms with Gasteiger partial charge in [-0.25, -0.2) is 13.1 Å². The first kappa shape index (κ1) is 16.8. The molecule has 2 aliphatic heterocycles. The molecule has 0 radical (unpaired) electrons. The van der Waals surface area contributed by atoms with Crippen LogP contribution in [0.5, 0.6) is 0 Å². The van der Waals surface area contributed by atoms with Crippen molar-refractivity contribution in [2.75, 3.05) is 31.6 Å². The molecule has 6 nitrogen and oxygen atoms in total. The molecule has 2 atom stereocenters. The molecular formula is C18H24N4O2S. The van der Waals surface area contributed by atoms with E-state index in [1.54, 1.807) is 0 Å². The van der Waals surface area contributed by atoms with Crippen LogP contribution in [-0.4, -0.2) is 71.7 Å². The van der Waals surface area contributed by atoms with Gasteiger partial charge in [-0.3, -0.25) is 9.80 Å². The van der Waals surface area contributed by atoms with E-state index in [-0.39, 0.29) is 23.6 Å². The molecule has 7 heteroatoms. The third kappa shape index (κ3) is 3.36. The number of fused-ring (bicyclic) bond motifs is 1. The van der Waals surface area contributed by atoms with Crippen molar-refractivity contribution in [3.8, 4) is 5.69 Å². The number of nitrogens with zero attached hydrogens (tertiary/aromatic N) is 4. The maximum atomic E-state index is 12.1. The fourth-order valence-electron chi connectivity index (χ4n) is 3.98. The van der Waals surface area contributed by atoms with E-state index in [1.165, 1.54) is 5.56 Å². The smallest absolute Gasteiger partial charge is 0.153 e. The highest BCUT2D eigenvalue weighted by Crippen LogP contribution is 2.27. The maximum absolute atomic E-state index is 12.1. The lowest BCUT2D eigenvalue weighted by molar-refractivity contribution is 0.0573. The van der Waals surface area contributed by atoms with Crippen molar-refractivity contribution in [3.63, 3.8) is 0 Å². The Labute approximate surface area is 149 Å². The minimum Gasteiger partial charge on any atom is -0.300 e. The molecule has 1 aromatic heterocycles. The fourth-order valence-corrected chi connectivity index (χ4v) is 6.07. The lowest BCUT2D eigenvalue weighted by Gasteiger charge is -2.42. The molecule has 4 rings (SSSR count). The van der Waals surface area contributed by atoms with Crippen LogP contribution >= 0.6 is 0 Å². The number of benzene rings is 1. The van der Waals surface area contributed by atoms with E-state index >= 15 is 0 Å². The van der Waals surface area contributed by atoms with E-state index < -0.39 is 9.84 Å². The summed E-state index contributed by atoms with van der Waals surface area (Å²) >= 11 is 0. The molecule has 0 unspecified atom stereocenters. The lowest BCUT2D eigenvalue weighted by Crippen LogP contribution is -2.57. The summed E-state index contributed by atoms with van der Waals surface area (Å²) in [5.74, 6) is 0.557. The van der Waals surface area contributed by atoms with Gasteiger partial charge in [-0.15, -0.1) is 0 Å². The molecule has 2 aliphatic rings. The van der Waals surface area contributed by atoms with Gasteiger partial charge in [-0.2, -0.15) is 5.10 Å². The SMILES string of the molecule is Cc1cccc(-n2cc(CN3CCN(C)[C@@H]4CS(=O)(=O)C[C@@H]43)cn2)c1. The predicted octanol–water partition coefficient (Wildman–Crippen LogP) is 1.09. The van der Waals surface area contributed by atoms with E-state index in [9.17, 15) is 8.42 Å². The number of sulfone groups is 1. The van der Waals surface area contributed by atoms with Gasteiger partial charge in [-0.05, 0) is 31.7 Å². The predicted molar refractivity (Wildman–Crippen MR) is 97.6 cm³/mol. The molecule has 0 spiro atoms. The van der Waals surface area contributed by atoms with Crippen molar-refractivity contribution in [1.82, 2.24) is 19.6 Å². The molecule has 2 fully saturated rings. The molecule has 2 aromatic rings. The molecule has 3 heterocycles. The zero-order valence-electron chi connectivity index (χ0n) is 14.7. The summed E-state index contributed by atoms with van der Waals surface area (Å²) in [5, 5.41) is 4.48. The van der Waals surface area contributed by atoms with Crippen LogP contribution in [0.2, 0.25) is 0 Å². The second-order valence-corrected chi connectivity index (χ2v) is 9.45.